The summed E-state index contributed by atoms with van der Waals surface area (Å²) in [6, 6.07) is 7.68. The number of benzene rings is 1. The summed E-state index contributed by atoms with van der Waals surface area (Å²) in [5.74, 6) is -1.83. The Balaban J connectivity index is 1.82. The van der Waals surface area contributed by atoms with Crippen LogP contribution in [0.25, 0.3) is 16.5 Å². The van der Waals surface area contributed by atoms with E-state index >= 15 is 0 Å². The van der Waals surface area contributed by atoms with Crippen LogP contribution in [0.5, 0.6) is 0 Å². The van der Waals surface area contributed by atoms with Gasteiger partial charge >= 0.3 is 0 Å². The summed E-state index contributed by atoms with van der Waals surface area (Å²) in [5, 5.41) is 13.2. The molecule has 0 saturated carbocycles. The molecule has 0 saturated heterocycles. The third-order valence-electron chi connectivity index (χ3n) is 5.78. The second-order valence-electron chi connectivity index (χ2n) is 8.72. The Kier molecular flexibility index (Phi) is 5.25. The Morgan fingerprint density at radius 3 is 2.43 bits per heavy atom. The minimum Gasteiger partial charge on any atom is -0.502 e. The van der Waals surface area contributed by atoms with Gasteiger partial charge in [-0.3, -0.25) is 14.9 Å². The molecule has 1 aliphatic heterocycles. The van der Waals surface area contributed by atoms with E-state index in [4.69, 9.17) is 4.43 Å². The zero-order valence-corrected chi connectivity index (χ0v) is 18.1. The SMILES string of the molecule is CC(C)(C)[Si](C)(C)OCCCn1cc(C2=C(O)C(=O)NC2=O)c2ccccc21. The van der Waals surface area contributed by atoms with Crippen molar-refractivity contribution in [1.29, 1.82) is 0 Å². The van der Waals surface area contributed by atoms with Gasteiger partial charge in [0.15, 0.2) is 14.1 Å². The van der Waals surface area contributed by atoms with Crippen LogP contribution in [0.15, 0.2) is 36.2 Å². The van der Waals surface area contributed by atoms with Crippen LogP contribution < -0.4 is 5.32 Å². The number of nitrogens with one attached hydrogen (secondary N) is 1. The van der Waals surface area contributed by atoms with Gasteiger partial charge in [-0.25, -0.2) is 0 Å². The van der Waals surface area contributed by atoms with Crippen molar-refractivity contribution in [1.82, 2.24) is 9.88 Å². The predicted molar refractivity (Wildman–Crippen MR) is 112 cm³/mol. The van der Waals surface area contributed by atoms with Crippen LogP contribution >= 0.6 is 0 Å². The summed E-state index contributed by atoms with van der Waals surface area (Å²) in [7, 11) is -1.78. The van der Waals surface area contributed by atoms with Crippen LogP contribution in [0.1, 0.15) is 32.8 Å². The van der Waals surface area contributed by atoms with Crippen LogP contribution in [0.3, 0.4) is 0 Å². The van der Waals surface area contributed by atoms with Gasteiger partial charge in [0.25, 0.3) is 11.8 Å². The number of amides is 2. The van der Waals surface area contributed by atoms with E-state index in [2.05, 4.69) is 43.7 Å². The number of carbonyl (C=O) groups is 2. The number of nitrogens with zero attached hydrogens (tertiary/aromatic N) is 1. The topological polar surface area (TPSA) is 80.6 Å². The van der Waals surface area contributed by atoms with Crippen molar-refractivity contribution in [3.63, 3.8) is 0 Å². The molecule has 1 aromatic carbocycles. The van der Waals surface area contributed by atoms with Gasteiger partial charge in [-0.1, -0.05) is 39.0 Å². The van der Waals surface area contributed by atoms with Crippen molar-refractivity contribution in [2.75, 3.05) is 6.61 Å². The molecular formula is C21H28N2O4Si. The molecule has 150 valence electrons. The number of para-hydroxylation sites is 1. The lowest BCUT2D eigenvalue weighted by atomic mass is 10.0. The average molecular weight is 401 g/mol. The summed E-state index contributed by atoms with van der Waals surface area (Å²) in [6.45, 7) is 12.5. The monoisotopic (exact) mass is 400 g/mol. The predicted octanol–water partition coefficient (Wildman–Crippen LogP) is 3.98. The van der Waals surface area contributed by atoms with Crippen LogP contribution in [0.4, 0.5) is 0 Å². The minimum atomic E-state index is -1.78. The summed E-state index contributed by atoms with van der Waals surface area (Å²) < 4.78 is 8.30. The van der Waals surface area contributed by atoms with Crippen molar-refractivity contribution < 1.29 is 19.1 Å². The van der Waals surface area contributed by atoms with Gasteiger partial charge in [-0.2, -0.15) is 0 Å². The van der Waals surface area contributed by atoms with Gasteiger partial charge in [0.05, 0.1) is 5.57 Å². The van der Waals surface area contributed by atoms with E-state index in [0.29, 0.717) is 12.2 Å². The second-order valence-corrected chi connectivity index (χ2v) is 13.5. The highest BCUT2D eigenvalue weighted by Crippen LogP contribution is 2.36. The molecule has 0 unspecified atom stereocenters. The molecule has 2 heterocycles. The van der Waals surface area contributed by atoms with E-state index in [1.165, 1.54) is 0 Å². The standard InChI is InChI=1S/C21H28N2O4Si/c1-21(2,3)28(4,5)27-12-8-11-23-13-15(14-9-6-7-10-16(14)23)17-18(24)20(26)22-19(17)25/h6-7,9-10,13H,8,11-12H2,1-5H3,(H2,22,24,25,26). The molecule has 1 aliphatic rings. The molecule has 0 aliphatic carbocycles. The van der Waals surface area contributed by atoms with Crippen molar-refractivity contribution >= 4 is 36.6 Å². The molecule has 2 N–H and O–H groups in total. The Hall–Kier alpha value is -2.38. The van der Waals surface area contributed by atoms with Crippen LogP contribution in [0.2, 0.25) is 18.1 Å². The fraction of sp³-hybridized carbons (Fsp3) is 0.429. The molecule has 0 fully saturated rings. The zero-order valence-electron chi connectivity index (χ0n) is 17.1. The number of aromatic nitrogens is 1. The van der Waals surface area contributed by atoms with Crippen molar-refractivity contribution in [3.8, 4) is 0 Å². The molecule has 0 bridgehead atoms. The third kappa shape index (κ3) is 3.64. The van der Waals surface area contributed by atoms with Crippen LogP contribution in [-0.2, 0) is 20.6 Å². The van der Waals surface area contributed by atoms with Crippen LogP contribution in [-0.4, -0.2) is 36.4 Å². The minimum absolute atomic E-state index is 0.0393. The summed E-state index contributed by atoms with van der Waals surface area (Å²) in [6.07, 6.45) is 2.67. The van der Waals surface area contributed by atoms with Gasteiger partial charge < -0.3 is 14.1 Å². The first-order valence-electron chi connectivity index (χ1n) is 9.54. The Bertz CT molecular complexity index is 966. The Morgan fingerprint density at radius 2 is 1.82 bits per heavy atom. The molecular weight excluding hydrogens is 372 g/mol. The number of hydrogen-bond donors (Lipinski definition) is 2. The maximum atomic E-state index is 12.1. The summed E-state index contributed by atoms with van der Waals surface area (Å²) >= 11 is 0. The number of fused-ring (bicyclic) bond motifs is 1. The first-order valence-corrected chi connectivity index (χ1v) is 12.4. The smallest absolute Gasteiger partial charge is 0.293 e. The highest BCUT2D eigenvalue weighted by atomic mass is 28.4. The molecule has 28 heavy (non-hydrogen) atoms. The van der Waals surface area contributed by atoms with E-state index in [-0.39, 0.29) is 10.6 Å². The zero-order chi connectivity index (χ0) is 20.7. The first kappa shape index (κ1) is 20.4. The molecule has 0 atom stereocenters. The van der Waals surface area contributed by atoms with Gasteiger partial charge in [-0.05, 0) is 30.6 Å². The molecule has 6 nitrogen and oxygen atoms in total. The molecule has 2 aromatic rings. The lowest BCUT2D eigenvalue weighted by Crippen LogP contribution is -2.41. The molecule has 7 heteroatoms. The largest absolute Gasteiger partial charge is 0.502 e. The van der Waals surface area contributed by atoms with Gasteiger partial charge in [0.2, 0.25) is 0 Å². The lowest BCUT2D eigenvalue weighted by molar-refractivity contribution is -0.124. The second kappa shape index (κ2) is 7.22. The fourth-order valence-corrected chi connectivity index (χ4v) is 4.19. The van der Waals surface area contributed by atoms with E-state index in [0.717, 1.165) is 23.9 Å². The maximum absolute atomic E-state index is 12.1. The summed E-state index contributed by atoms with van der Waals surface area (Å²) in [5.41, 5.74) is 1.57. The number of rotatable bonds is 6. The molecule has 3 rings (SSSR count). The quantitative estimate of drug-likeness (QED) is 0.437. The number of aliphatic hydroxyl groups is 1. The lowest BCUT2D eigenvalue weighted by Gasteiger charge is -2.36. The van der Waals surface area contributed by atoms with Crippen LogP contribution in [0, 0.1) is 0 Å². The van der Waals surface area contributed by atoms with Gasteiger partial charge in [-0.15, -0.1) is 0 Å². The number of aryl methyl sites for hydroxylation is 1. The summed E-state index contributed by atoms with van der Waals surface area (Å²) in [4.78, 5) is 23.8. The van der Waals surface area contributed by atoms with Crippen molar-refractivity contribution in [2.45, 2.75) is 51.9 Å². The fourth-order valence-electron chi connectivity index (χ4n) is 3.11. The van der Waals surface area contributed by atoms with E-state index in [1.54, 1.807) is 0 Å². The average Bonchev–Trinajstić information content (AvgIpc) is 3.08. The van der Waals surface area contributed by atoms with E-state index in [9.17, 15) is 14.7 Å². The van der Waals surface area contributed by atoms with Gasteiger partial charge in [0.1, 0.15) is 0 Å². The highest BCUT2D eigenvalue weighted by molar-refractivity contribution is 6.74. The van der Waals surface area contributed by atoms with E-state index in [1.807, 2.05) is 30.5 Å². The number of aliphatic hydroxyl groups excluding tert-OH is 1. The third-order valence-corrected chi connectivity index (χ3v) is 10.3. The maximum Gasteiger partial charge on any atom is 0.293 e. The highest BCUT2D eigenvalue weighted by Gasteiger charge is 2.37. The van der Waals surface area contributed by atoms with Gasteiger partial charge in [0, 0.05) is 35.8 Å². The van der Waals surface area contributed by atoms with E-state index < -0.39 is 25.9 Å². The van der Waals surface area contributed by atoms with Crippen molar-refractivity contribution in [3.05, 3.63) is 41.8 Å². The first-order chi connectivity index (χ1) is 13.0. The van der Waals surface area contributed by atoms with Crippen molar-refractivity contribution in [2.24, 2.45) is 0 Å². The molecule has 0 radical (unpaired) electrons. The Morgan fingerprint density at radius 1 is 1.14 bits per heavy atom. The molecule has 2 amide bonds. The normalized spacial score (nSPS) is 15.6. The molecule has 1 aromatic heterocycles. The number of carbonyl (C=O) groups excluding carboxylic acids is 2. The Labute approximate surface area is 166 Å². The molecule has 0 spiro atoms. The number of hydrogen-bond acceptors (Lipinski definition) is 4. The number of imide groups is 1.